The highest BCUT2D eigenvalue weighted by atomic mass is 16.3. The van der Waals surface area contributed by atoms with Gasteiger partial charge in [0.05, 0.1) is 0 Å². The van der Waals surface area contributed by atoms with Crippen LogP contribution in [-0.4, -0.2) is 5.11 Å². The number of rotatable bonds is 0. The third-order valence-electron chi connectivity index (χ3n) is 4.30. The Hall–Kier alpha value is -1.96. The van der Waals surface area contributed by atoms with Gasteiger partial charge in [-0.3, -0.25) is 0 Å². The van der Waals surface area contributed by atoms with Crippen LogP contribution in [0, 0.1) is 0 Å². The van der Waals surface area contributed by atoms with E-state index in [2.05, 4.69) is 12.1 Å². The maximum Gasteiger partial charge on any atom is 0.119 e. The number of hydrogen-bond donors (Lipinski definition) is 2. The third kappa shape index (κ3) is 2.51. The van der Waals surface area contributed by atoms with Gasteiger partial charge >= 0.3 is 0 Å². The van der Waals surface area contributed by atoms with Crippen molar-refractivity contribution in [3.63, 3.8) is 0 Å². The summed E-state index contributed by atoms with van der Waals surface area (Å²) in [5.41, 5.74) is 12.1. The summed E-state index contributed by atoms with van der Waals surface area (Å²) in [7, 11) is 0. The summed E-state index contributed by atoms with van der Waals surface area (Å²) < 4.78 is 0. The number of phenolic OH excluding ortho intramolecular Hbond substituents is 1. The molecule has 0 amide bonds. The van der Waals surface area contributed by atoms with Crippen molar-refractivity contribution in [1.29, 1.82) is 0 Å². The van der Waals surface area contributed by atoms with E-state index in [1.165, 1.54) is 47.9 Å². The lowest BCUT2D eigenvalue weighted by molar-refractivity contribution is 0.469. The predicted octanol–water partition coefficient (Wildman–Crippen LogP) is 3.64. The summed E-state index contributed by atoms with van der Waals surface area (Å²) in [4.78, 5) is 0. The second kappa shape index (κ2) is 5.58. The van der Waals surface area contributed by atoms with Gasteiger partial charge in [-0.1, -0.05) is 24.3 Å². The number of nitrogen functional groups attached to an aromatic ring is 1. The second-order valence-electron chi connectivity index (χ2n) is 5.61. The van der Waals surface area contributed by atoms with Gasteiger partial charge in [-0.05, 0) is 72.9 Å². The molecule has 2 aliphatic carbocycles. The van der Waals surface area contributed by atoms with Crippen LogP contribution in [0.15, 0.2) is 36.4 Å². The highest BCUT2D eigenvalue weighted by Crippen LogP contribution is 2.29. The molecular weight excluding hydrogens is 246 g/mol. The van der Waals surface area contributed by atoms with Crippen LogP contribution in [0.1, 0.15) is 35.1 Å². The summed E-state index contributed by atoms with van der Waals surface area (Å²) in [6, 6.07) is 12.0. The first-order chi connectivity index (χ1) is 9.75. The largest absolute Gasteiger partial charge is 0.508 e. The number of phenols is 1. The van der Waals surface area contributed by atoms with Crippen molar-refractivity contribution in [2.45, 2.75) is 38.5 Å². The first-order valence-electron chi connectivity index (χ1n) is 7.41. The molecule has 0 saturated heterocycles. The molecule has 2 aromatic rings. The van der Waals surface area contributed by atoms with Crippen molar-refractivity contribution in [3.05, 3.63) is 58.7 Å². The number of hydrogen-bond acceptors (Lipinski definition) is 2. The third-order valence-corrected chi connectivity index (χ3v) is 4.30. The smallest absolute Gasteiger partial charge is 0.119 e. The molecular formula is C18H21NO. The van der Waals surface area contributed by atoms with E-state index in [-0.39, 0.29) is 0 Å². The Morgan fingerprint density at radius 1 is 0.750 bits per heavy atom. The Morgan fingerprint density at radius 2 is 1.35 bits per heavy atom. The van der Waals surface area contributed by atoms with Crippen molar-refractivity contribution in [3.8, 4) is 5.75 Å². The maximum absolute atomic E-state index is 9.33. The Bertz CT molecular complexity index is 563. The van der Waals surface area contributed by atoms with Gasteiger partial charge in [0.1, 0.15) is 5.75 Å². The number of anilines is 1. The van der Waals surface area contributed by atoms with Crippen molar-refractivity contribution in [1.82, 2.24) is 0 Å². The minimum atomic E-state index is 0.481. The van der Waals surface area contributed by atoms with E-state index in [0.717, 1.165) is 18.5 Å². The molecule has 0 aromatic heterocycles. The number of aromatic hydroxyl groups is 1. The molecule has 2 heteroatoms. The molecule has 2 nitrogen and oxygen atoms in total. The Kier molecular flexibility index (Phi) is 3.64. The number of aryl methyl sites for hydroxylation is 2. The van der Waals surface area contributed by atoms with Gasteiger partial charge in [0, 0.05) is 5.69 Å². The van der Waals surface area contributed by atoms with Crippen molar-refractivity contribution in [2.24, 2.45) is 0 Å². The molecule has 4 rings (SSSR count). The van der Waals surface area contributed by atoms with Crippen LogP contribution in [-0.2, 0) is 25.7 Å². The van der Waals surface area contributed by atoms with Crippen molar-refractivity contribution >= 4 is 5.69 Å². The summed E-state index contributed by atoms with van der Waals surface area (Å²) in [6.07, 6.45) is 7.09. The van der Waals surface area contributed by atoms with Gasteiger partial charge in [-0.2, -0.15) is 0 Å². The fourth-order valence-corrected chi connectivity index (χ4v) is 3.25. The standard InChI is InChI=1S/C9H11N.C9H10O/c2*10-9-6-2-4-7-3-1-5-8(7)9/h2,4,6H,1,3,5,10H2;2,4,6,10H,1,3,5H2. The van der Waals surface area contributed by atoms with Crippen LogP contribution in [0.25, 0.3) is 0 Å². The quantitative estimate of drug-likeness (QED) is 0.716. The Labute approximate surface area is 120 Å². The van der Waals surface area contributed by atoms with E-state index in [1.807, 2.05) is 18.2 Å². The molecule has 0 heterocycles. The lowest BCUT2D eigenvalue weighted by Crippen LogP contribution is -1.91. The van der Waals surface area contributed by atoms with Gasteiger partial charge in [0.25, 0.3) is 0 Å². The van der Waals surface area contributed by atoms with Crippen molar-refractivity contribution < 1.29 is 5.11 Å². The van der Waals surface area contributed by atoms with Gasteiger partial charge in [-0.25, -0.2) is 0 Å². The molecule has 3 N–H and O–H groups in total. The van der Waals surface area contributed by atoms with E-state index < -0.39 is 0 Å². The van der Waals surface area contributed by atoms with Crippen LogP contribution >= 0.6 is 0 Å². The summed E-state index contributed by atoms with van der Waals surface area (Å²) in [5, 5.41) is 9.33. The lowest BCUT2D eigenvalue weighted by Gasteiger charge is -2.00. The van der Waals surface area contributed by atoms with E-state index in [9.17, 15) is 5.11 Å². The van der Waals surface area contributed by atoms with Crippen LogP contribution < -0.4 is 5.73 Å². The first-order valence-corrected chi connectivity index (χ1v) is 7.41. The summed E-state index contributed by atoms with van der Waals surface area (Å²) in [6.45, 7) is 0. The van der Waals surface area contributed by atoms with E-state index in [4.69, 9.17) is 5.73 Å². The average Bonchev–Trinajstić information content (AvgIpc) is 3.08. The Morgan fingerprint density at radius 3 is 2.00 bits per heavy atom. The molecule has 0 fully saturated rings. The molecule has 20 heavy (non-hydrogen) atoms. The lowest BCUT2D eigenvalue weighted by atomic mass is 10.1. The van der Waals surface area contributed by atoms with E-state index in [0.29, 0.717) is 5.75 Å². The highest BCUT2D eigenvalue weighted by molar-refractivity contribution is 5.52. The molecule has 0 unspecified atom stereocenters. The van der Waals surface area contributed by atoms with Gasteiger partial charge in [-0.15, -0.1) is 0 Å². The fourth-order valence-electron chi connectivity index (χ4n) is 3.25. The molecule has 0 aliphatic heterocycles. The van der Waals surface area contributed by atoms with E-state index >= 15 is 0 Å². The van der Waals surface area contributed by atoms with Gasteiger partial charge in [0.15, 0.2) is 0 Å². The number of benzene rings is 2. The SMILES string of the molecule is Nc1cccc2c1CCC2.Oc1cccc2c1CCC2. The molecule has 104 valence electrons. The molecule has 0 atom stereocenters. The minimum absolute atomic E-state index is 0.481. The zero-order valence-corrected chi connectivity index (χ0v) is 11.7. The molecule has 0 saturated carbocycles. The van der Waals surface area contributed by atoms with Gasteiger partial charge < -0.3 is 10.8 Å². The van der Waals surface area contributed by atoms with Crippen LogP contribution in [0.4, 0.5) is 5.69 Å². The molecule has 0 bridgehead atoms. The Balaban J connectivity index is 0.000000121. The zero-order valence-electron chi connectivity index (χ0n) is 11.7. The zero-order chi connectivity index (χ0) is 13.9. The minimum Gasteiger partial charge on any atom is -0.508 e. The molecule has 2 aromatic carbocycles. The second-order valence-corrected chi connectivity index (χ2v) is 5.61. The molecule has 2 aliphatic rings. The highest BCUT2D eigenvalue weighted by Gasteiger charge is 2.13. The maximum atomic E-state index is 9.33. The number of fused-ring (bicyclic) bond motifs is 2. The first kappa shape index (κ1) is 13.0. The molecule has 0 spiro atoms. The fraction of sp³-hybridized carbons (Fsp3) is 0.333. The average molecular weight is 267 g/mol. The normalized spacial score (nSPS) is 15.2. The monoisotopic (exact) mass is 267 g/mol. The molecule has 0 radical (unpaired) electrons. The van der Waals surface area contributed by atoms with Crippen LogP contribution in [0.2, 0.25) is 0 Å². The number of nitrogens with two attached hydrogens (primary N) is 1. The van der Waals surface area contributed by atoms with Crippen LogP contribution in [0.5, 0.6) is 5.75 Å². The van der Waals surface area contributed by atoms with Crippen molar-refractivity contribution in [2.75, 3.05) is 5.73 Å². The summed E-state index contributed by atoms with van der Waals surface area (Å²) in [5.74, 6) is 0.481. The predicted molar refractivity (Wildman–Crippen MR) is 83.0 cm³/mol. The van der Waals surface area contributed by atoms with E-state index in [1.54, 1.807) is 6.07 Å². The summed E-state index contributed by atoms with van der Waals surface area (Å²) >= 11 is 0. The van der Waals surface area contributed by atoms with Gasteiger partial charge in [0.2, 0.25) is 0 Å². The topological polar surface area (TPSA) is 46.2 Å². The van der Waals surface area contributed by atoms with Crippen LogP contribution in [0.3, 0.4) is 0 Å².